The van der Waals surface area contributed by atoms with E-state index in [0.29, 0.717) is 11.6 Å². The third-order valence-electron chi connectivity index (χ3n) is 2.67. The molecule has 0 spiro atoms. The number of para-hydroxylation sites is 1. The zero-order chi connectivity index (χ0) is 17.0. The van der Waals surface area contributed by atoms with E-state index in [1.54, 1.807) is 19.9 Å². The molecule has 122 valence electrons. The molecule has 0 aliphatic rings. The molecule has 0 aliphatic heterocycles. The number of anilines is 1. The molecule has 23 heavy (non-hydrogen) atoms. The molecule has 1 aromatic heterocycles. The van der Waals surface area contributed by atoms with E-state index in [4.69, 9.17) is 4.74 Å². The summed E-state index contributed by atoms with van der Waals surface area (Å²) in [6, 6.07) is 4.96. The number of hydrogen-bond donors (Lipinski definition) is 2. The number of benzene rings is 1. The molecule has 9 nitrogen and oxygen atoms in total. The number of aromatic nitrogens is 3. The van der Waals surface area contributed by atoms with Crippen LogP contribution < -0.4 is 14.8 Å². The van der Waals surface area contributed by atoms with Crippen LogP contribution in [0.25, 0.3) is 0 Å². The quantitative estimate of drug-likeness (QED) is 0.853. The third-order valence-corrected chi connectivity index (χ3v) is 4.04. The fourth-order valence-corrected chi connectivity index (χ4v) is 2.90. The summed E-state index contributed by atoms with van der Waals surface area (Å²) in [5, 5.41) is 2.25. The summed E-state index contributed by atoms with van der Waals surface area (Å²) < 4.78 is 31.3. The van der Waals surface area contributed by atoms with Crippen LogP contribution in [-0.4, -0.2) is 36.5 Å². The smallest absolute Gasteiger partial charge is 0.335 e. The van der Waals surface area contributed by atoms with Crippen LogP contribution in [0.4, 0.5) is 10.7 Å². The normalized spacial score (nSPS) is 10.9. The summed E-state index contributed by atoms with van der Waals surface area (Å²) in [6.45, 7) is 3.26. The monoisotopic (exact) mass is 337 g/mol. The number of methoxy groups -OCH3 is 1. The van der Waals surface area contributed by atoms with Crippen molar-refractivity contribution in [3.8, 4) is 5.75 Å². The van der Waals surface area contributed by atoms with Crippen LogP contribution in [0.3, 0.4) is 0 Å². The van der Waals surface area contributed by atoms with Crippen LogP contribution in [0.1, 0.15) is 11.6 Å². The van der Waals surface area contributed by atoms with Gasteiger partial charge >= 0.3 is 6.03 Å². The highest BCUT2D eigenvalue weighted by atomic mass is 32.2. The zero-order valence-electron chi connectivity index (χ0n) is 12.7. The number of carbonyl (C=O) groups is 1. The molecule has 2 N–H and O–H groups in total. The maximum atomic E-state index is 12.2. The van der Waals surface area contributed by atoms with E-state index < -0.39 is 16.1 Å². The predicted octanol–water partition coefficient (Wildman–Crippen LogP) is 1.01. The number of aryl methyl sites for hydroxylation is 2. The van der Waals surface area contributed by atoms with Crippen LogP contribution in [0.15, 0.2) is 29.2 Å². The Kier molecular flexibility index (Phi) is 4.74. The van der Waals surface area contributed by atoms with Gasteiger partial charge in [0.25, 0.3) is 10.0 Å². The molecule has 0 atom stereocenters. The molecule has 0 saturated heterocycles. The fourth-order valence-electron chi connectivity index (χ4n) is 1.82. The largest absolute Gasteiger partial charge is 0.495 e. The summed E-state index contributed by atoms with van der Waals surface area (Å²) >= 11 is 0. The standard InChI is InChI=1S/C13H15N5O4S/c1-8-14-9(2)16-12(15-8)17-13(19)18-23(20,21)11-7-5-4-6-10(11)22-3/h4-7H,1-3H3,(H2,14,15,16,17,18,19). The van der Waals surface area contributed by atoms with Gasteiger partial charge in [0.1, 0.15) is 22.3 Å². The van der Waals surface area contributed by atoms with E-state index >= 15 is 0 Å². The van der Waals surface area contributed by atoms with Gasteiger partial charge in [-0.2, -0.15) is 9.97 Å². The Balaban J connectivity index is 2.18. The van der Waals surface area contributed by atoms with Gasteiger partial charge in [0.05, 0.1) is 7.11 Å². The Morgan fingerprint density at radius 3 is 2.30 bits per heavy atom. The molecule has 0 saturated carbocycles. The topological polar surface area (TPSA) is 123 Å². The second-order valence-electron chi connectivity index (χ2n) is 4.46. The van der Waals surface area contributed by atoms with E-state index in [1.165, 1.54) is 25.3 Å². The highest BCUT2D eigenvalue weighted by Crippen LogP contribution is 2.22. The van der Waals surface area contributed by atoms with Crippen molar-refractivity contribution in [2.24, 2.45) is 0 Å². The number of rotatable bonds is 4. The maximum Gasteiger partial charge on any atom is 0.335 e. The van der Waals surface area contributed by atoms with Crippen LogP contribution >= 0.6 is 0 Å². The van der Waals surface area contributed by atoms with Crippen LogP contribution in [-0.2, 0) is 10.0 Å². The first kappa shape index (κ1) is 16.6. The minimum atomic E-state index is -4.10. The Bertz CT molecular complexity index is 818. The van der Waals surface area contributed by atoms with Gasteiger partial charge in [-0.15, -0.1) is 0 Å². The molecule has 2 aromatic rings. The molecule has 0 unspecified atom stereocenters. The Morgan fingerprint density at radius 1 is 1.09 bits per heavy atom. The first-order valence-corrected chi connectivity index (χ1v) is 7.96. The molecular formula is C13H15N5O4S. The highest BCUT2D eigenvalue weighted by Gasteiger charge is 2.22. The lowest BCUT2D eigenvalue weighted by atomic mass is 10.3. The van der Waals surface area contributed by atoms with Crippen molar-refractivity contribution in [3.05, 3.63) is 35.9 Å². The molecule has 0 aliphatic carbocycles. The highest BCUT2D eigenvalue weighted by molar-refractivity contribution is 7.90. The first-order chi connectivity index (χ1) is 10.8. The lowest BCUT2D eigenvalue weighted by Gasteiger charge is -2.11. The van der Waals surface area contributed by atoms with Crippen molar-refractivity contribution in [2.75, 3.05) is 12.4 Å². The zero-order valence-corrected chi connectivity index (χ0v) is 13.5. The number of nitrogens with one attached hydrogen (secondary N) is 2. The van der Waals surface area contributed by atoms with Crippen molar-refractivity contribution in [2.45, 2.75) is 18.7 Å². The number of amides is 2. The fraction of sp³-hybridized carbons (Fsp3) is 0.231. The van der Waals surface area contributed by atoms with Crippen molar-refractivity contribution in [1.82, 2.24) is 19.7 Å². The molecule has 2 amide bonds. The summed E-state index contributed by atoms with van der Waals surface area (Å²) in [6.07, 6.45) is 0. The van der Waals surface area contributed by atoms with Gasteiger partial charge in [0, 0.05) is 0 Å². The van der Waals surface area contributed by atoms with Gasteiger partial charge in [-0.25, -0.2) is 22.9 Å². The molecule has 1 aromatic carbocycles. The number of nitrogens with zero attached hydrogens (tertiary/aromatic N) is 3. The molecule has 1 heterocycles. The number of carbonyl (C=O) groups excluding carboxylic acids is 1. The molecule has 0 radical (unpaired) electrons. The second kappa shape index (κ2) is 6.57. The number of hydrogen-bond acceptors (Lipinski definition) is 7. The van der Waals surface area contributed by atoms with Gasteiger partial charge in [-0.05, 0) is 26.0 Å². The molecule has 2 rings (SSSR count). The number of ether oxygens (including phenoxy) is 1. The second-order valence-corrected chi connectivity index (χ2v) is 6.11. The Labute approximate surface area is 133 Å². The molecular weight excluding hydrogens is 322 g/mol. The molecule has 10 heteroatoms. The first-order valence-electron chi connectivity index (χ1n) is 6.48. The minimum Gasteiger partial charge on any atom is -0.495 e. The SMILES string of the molecule is COc1ccccc1S(=O)(=O)NC(=O)Nc1nc(C)nc(C)n1. The minimum absolute atomic E-state index is 0.0391. The van der Waals surface area contributed by atoms with Crippen LogP contribution in [0, 0.1) is 13.8 Å². The lowest BCUT2D eigenvalue weighted by Crippen LogP contribution is -2.35. The van der Waals surface area contributed by atoms with Crippen LogP contribution in [0.2, 0.25) is 0 Å². The average molecular weight is 337 g/mol. The van der Waals surface area contributed by atoms with Crippen molar-refractivity contribution >= 4 is 22.0 Å². The van der Waals surface area contributed by atoms with E-state index in [0.717, 1.165) is 0 Å². The predicted molar refractivity (Wildman–Crippen MR) is 81.6 cm³/mol. The molecule has 0 fully saturated rings. The Morgan fingerprint density at radius 2 is 1.70 bits per heavy atom. The number of urea groups is 1. The van der Waals surface area contributed by atoms with Gasteiger partial charge in [-0.1, -0.05) is 12.1 Å². The number of sulfonamides is 1. The van der Waals surface area contributed by atoms with Crippen molar-refractivity contribution in [1.29, 1.82) is 0 Å². The summed E-state index contributed by atoms with van der Waals surface area (Å²) in [5.74, 6) is 0.892. The summed E-state index contributed by atoms with van der Waals surface area (Å²) in [7, 11) is -2.76. The molecule has 0 bridgehead atoms. The summed E-state index contributed by atoms with van der Waals surface area (Å²) in [5.41, 5.74) is 0. The van der Waals surface area contributed by atoms with Crippen molar-refractivity contribution in [3.63, 3.8) is 0 Å². The summed E-state index contributed by atoms with van der Waals surface area (Å²) in [4.78, 5) is 23.5. The third kappa shape index (κ3) is 4.13. The average Bonchev–Trinajstić information content (AvgIpc) is 2.45. The maximum absolute atomic E-state index is 12.2. The lowest BCUT2D eigenvalue weighted by molar-refractivity contribution is 0.256. The van der Waals surface area contributed by atoms with E-state index in [9.17, 15) is 13.2 Å². The van der Waals surface area contributed by atoms with Gasteiger partial charge in [0.15, 0.2) is 0 Å². The van der Waals surface area contributed by atoms with Gasteiger partial charge in [-0.3, -0.25) is 5.32 Å². The van der Waals surface area contributed by atoms with E-state index in [1.807, 2.05) is 4.72 Å². The Hall–Kier alpha value is -2.75. The van der Waals surface area contributed by atoms with Crippen molar-refractivity contribution < 1.29 is 17.9 Å². The van der Waals surface area contributed by atoms with Gasteiger partial charge < -0.3 is 4.74 Å². The van der Waals surface area contributed by atoms with E-state index in [-0.39, 0.29) is 16.6 Å². The van der Waals surface area contributed by atoms with Crippen LogP contribution in [0.5, 0.6) is 5.75 Å². The van der Waals surface area contributed by atoms with Gasteiger partial charge in [0.2, 0.25) is 5.95 Å². The van der Waals surface area contributed by atoms with E-state index in [2.05, 4.69) is 20.3 Å².